The number of carbonyl (C=O) groups is 1. The van der Waals surface area contributed by atoms with Gasteiger partial charge in [0.1, 0.15) is 9.88 Å². The molecule has 1 saturated heterocycles. The number of benzene rings is 1. The van der Waals surface area contributed by atoms with Gasteiger partial charge in [-0.25, -0.2) is 4.98 Å². The van der Waals surface area contributed by atoms with E-state index in [0.29, 0.717) is 5.02 Å². The molecule has 0 spiro atoms. The van der Waals surface area contributed by atoms with Crippen molar-refractivity contribution in [2.24, 2.45) is 5.92 Å². The molecule has 3 rings (SSSR count). The van der Waals surface area contributed by atoms with Crippen molar-refractivity contribution in [3.05, 3.63) is 39.9 Å². The molecule has 1 aromatic heterocycles. The number of nitrogens with zero attached hydrogens (tertiary/aromatic N) is 2. The number of halogens is 1. The maximum atomic E-state index is 12.7. The Bertz CT molecular complexity index is 672. The summed E-state index contributed by atoms with van der Waals surface area (Å²) in [5.41, 5.74) is 1.82. The molecule has 5 heteroatoms. The fourth-order valence-corrected chi connectivity index (χ4v) is 3.83. The SMILES string of the molecule is Cc1nc(-c2ccc(Cl)cc2)sc1C(=O)N1CCC(C)CC1. The van der Waals surface area contributed by atoms with Crippen molar-refractivity contribution in [1.29, 1.82) is 0 Å². The van der Waals surface area contributed by atoms with Crippen molar-refractivity contribution in [2.75, 3.05) is 13.1 Å². The molecule has 1 aliphatic rings. The highest BCUT2D eigenvalue weighted by atomic mass is 35.5. The predicted octanol–water partition coefficient (Wildman–Crippen LogP) is 4.64. The molecule has 0 radical (unpaired) electrons. The van der Waals surface area contributed by atoms with Gasteiger partial charge in [-0.15, -0.1) is 11.3 Å². The number of likely N-dealkylation sites (tertiary alicyclic amines) is 1. The second-order valence-corrected chi connectivity index (χ2v) is 7.35. The van der Waals surface area contributed by atoms with Crippen LogP contribution in [-0.4, -0.2) is 28.9 Å². The van der Waals surface area contributed by atoms with Gasteiger partial charge >= 0.3 is 0 Å². The molecule has 1 fully saturated rings. The van der Waals surface area contributed by atoms with Crippen LogP contribution in [0.5, 0.6) is 0 Å². The van der Waals surface area contributed by atoms with E-state index >= 15 is 0 Å². The van der Waals surface area contributed by atoms with Crippen LogP contribution in [0.4, 0.5) is 0 Å². The van der Waals surface area contributed by atoms with Gasteiger partial charge in [0.15, 0.2) is 0 Å². The number of hydrogen-bond acceptors (Lipinski definition) is 3. The van der Waals surface area contributed by atoms with Crippen LogP contribution in [-0.2, 0) is 0 Å². The molecule has 2 aromatic rings. The summed E-state index contributed by atoms with van der Waals surface area (Å²) >= 11 is 7.40. The van der Waals surface area contributed by atoms with E-state index in [1.165, 1.54) is 11.3 Å². The zero-order valence-electron chi connectivity index (χ0n) is 12.8. The number of aromatic nitrogens is 1. The molecule has 0 unspecified atom stereocenters. The molecule has 0 bridgehead atoms. The third-order valence-electron chi connectivity index (χ3n) is 4.15. The van der Waals surface area contributed by atoms with Crippen LogP contribution < -0.4 is 0 Å². The van der Waals surface area contributed by atoms with Crippen LogP contribution in [0.1, 0.15) is 35.1 Å². The first-order valence-electron chi connectivity index (χ1n) is 7.57. The van der Waals surface area contributed by atoms with Crippen LogP contribution in [0.2, 0.25) is 5.02 Å². The molecule has 1 aliphatic heterocycles. The number of aryl methyl sites for hydroxylation is 1. The minimum atomic E-state index is 0.127. The summed E-state index contributed by atoms with van der Waals surface area (Å²) in [5, 5.41) is 1.58. The molecular formula is C17H19ClN2OS. The zero-order chi connectivity index (χ0) is 15.7. The van der Waals surface area contributed by atoms with E-state index in [-0.39, 0.29) is 5.91 Å². The van der Waals surface area contributed by atoms with Crippen molar-refractivity contribution in [1.82, 2.24) is 9.88 Å². The van der Waals surface area contributed by atoms with Gasteiger partial charge in [-0.05, 0) is 37.8 Å². The summed E-state index contributed by atoms with van der Waals surface area (Å²) in [5.74, 6) is 0.846. The van der Waals surface area contributed by atoms with Crippen molar-refractivity contribution >= 4 is 28.8 Å². The zero-order valence-corrected chi connectivity index (χ0v) is 14.4. The highest BCUT2D eigenvalue weighted by molar-refractivity contribution is 7.17. The Morgan fingerprint density at radius 2 is 1.91 bits per heavy atom. The van der Waals surface area contributed by atoms with Gasteiger partial charge < -0.3 is 4.90 Å². The maximum absolute atomic E-state index is 12.7. The monoisotopic (exact) mass is 334 g/mol. The second kappa shape index (κ2) is 6.39. The molecule has 116 valence electrons. The Kier molecular flexibility index (Phi) is 4.50. The largest absolute Gasteiger partial charge is 0.338 e. The molecule has 22 heavy (non-hydrogen) atoms. The van der Waals surface area contributed by atoms with E-state index in [0.717, 1.165) is 53.0 Å². The summed E-state index contributed by atoms with van der Waals surface area (Å²) < 4.78 is 0. The lowest BCUT2D eigenvalue weighted by molar-refractivity contribution is 0.0701. The molecule has 0 saturated carbocycles. The van der Waals surface area contributed by atoms with Crippen LogP contribution >= 0.6 is 22.9 Å². The topological polar surface area (TPSA) is 33.2 Å². The third kappa shape index (κ3) is 3.18. The third-order valence-corrected chi connectivity index (χ3v) is 5.60. The van der Waals surface area contributed by atoms with Gasteiger partial charge in [0.25, 0.3) is 5.91 Å². The van der Waals surface area contributed by atoms with Gasteiger partial charge in [-0.2, -0.15) is 0 Å². The number of carbonyl (C=O) groups excluding carboxylic acids is 1. The Hall–Kier alpha value is -1.39. The first-order valence-corrected chi connectivity index (χ1v) is 8.76. The van der Waals surface area contributed by atoms with Crippen LogP contribution in [0.15, 0.2) is 24.3 Å². The van der Waals surface area contributed by atoms with E-state index in [1.807, 2.05) is 36.1 Å². The quantitative estimate of drug-likeness (QED) is 0.801. The maximum Gasteiger partial charge on any atom is 0.265 e. The summed E-state index contributed by atoms with van der Waals surface area (Å²) in [6.45, 7) is 5.87. The minimum absolute atomic E-state index is 0.127. The van der Waals surface area contributed by atoms with Crippen molar-refractivity contribution in [2.45, 2.75) is 26.7 Å². The van der Waals surface area contributed by atoms with Crippen LogP contribution in [0, 0.1) is 12.8 Å². The van der Waals surface area contributed by atoms with Crippen molar-refractivity contribution in [3.63, 3.8) is 0 Å². The molecule has 0 atom stereocenters. The molecule has 0 aliphatic carbocycles. The van der Waals surface area contributed by atoms with Gasteiger partial charge in [0.2, 0.25) is 0 Å². The predicted molar refractivity (Wildman–Crippen MR) is 91.6 cm³/mol. The van der Waals surface area contributed by atoms with Crippen LogP contribution in [0.25, 0.3) is 10.6 Å². The Morgan fingerprint density at radius 3 is 2.55 bits per heavy atom. The number of amides is 1. The van der Waals surface area contributed by atoms with E-state index in [1.54, 1.807) is 0 Å². The lowest BCUT2D eigenvalue weighted by atomic mass is 9.99. The standard InChI is InChI=1S/C17H19ClN2OS/c1-11-7-9-20(10-8-11)17(21)15-12(2)19-16(22-15)13-3-5-14(18)6-4-13/h3-6,11H,7-10H2,1-2H3. The molecule has 0 N–H and O–H groups in total. The molecule has 1 amide bonds. The lowest BCUT2D eigenvalue weighted by Gasteiger charge is -2.30. The summed E-state index contributed by atoms with van der Waals surface area (Å²) in [6, 6.07) is 7.58. The minimum Gasteiger partial charge on any atom is -0.338 e. The van der Waals surface area contributed by atoms with Gasteiger partial charge in [-0.3, -0.25) is 4.79 Å². The summed E-state index contributed by atoms with van der Waals surface area (Å²) in [7, 11) is 0. The van der Waals surface area contributed by atoms with Gasteiger partial charge in [0, 0.05) is 23.7 Å². The van der Waals surface area contributed by atoms with Gasteiger partial charge in [0.05, 0.1) is 5.69 Å². The lowest BCUT2D eigenvalue weighted by Crippen LogP contribution is -2.37. The van der Waals surface area contributed by atoms with Crippen LogP contribution in [0.3, 0.4) is 0 Å². The summed E-state index contributed by atoms with van der Waals surface area (Å²) in [6.07, 6.45) is 2.18. The first-order chi connectivity index (χ1) is 10.5. The number of hydrogen-bond donors (Lipinski definition) is 0. The molecular weight excluding hydrogens is 316 g/mol. The number of piperidine rings is 1. The van der Waals surface area contributed by atoms with E-state index < -0.39 is 0 Å². The second-order valence-electron chi connectivity index (χ2n) is 5.92. The average Bonchev–Trinajstić information content (AvgIpc) is 2.90. The highest BCUT2D eigenvalue weighted by Crippen LogP contribution is 2.30. The number of rotatable bonds is 2. The molecule has 3 nitrogen and oxygen atoms in total. The first kappa shape index (κ1) is 15.5. The van der Waals surface area contributed by atoms with E-state index in [4.69, 9.17) is 11.6 Å². The van der Waals surface area contributed by atoms with Crippen molar-refractivity contribution < 1.29 is 4.79 Å². The van der Waals surface area contributed by atoms with Gasteiger partial charge in [-0.1, -0.05) is 30.7 Å². The Morgan fingerprint density at radius 1 is 1.27 bits per heavy atom. The fraction of sp³-hybridized carbons (Fsp3) is 0.412. The smallest absolute Gasteiger partial charge is 0.265 e. The Labute approximate surface area is 139 Å². The highest BCUT2D eigenvalue weighted by Gasteiger charge is 2.25. The molecule has 2 heterocycles. The fourth-order valence-electron chi connectivity index (χ4n) is 2.67. The van der Waals surface area contributed by atoms with E-state index in [9.17, 15) is 4.79 Å². The Balaban J connectivity index is 1.83. The van der Waals surface area contributed by atoms with Crippen molar-refractivity contribution in [3.8, 4) is 10.6 Å². The molecule has 1 aromatic carbocycles. The number of thiazole rings is 1. The average molecular weight is 335 g/mol. The normalized spacial score (nSPS) is 16.0. The van der Waals surface area contributed by atoms with E-state index in [2.05, 4.69) is 11.9 Å². The summed E-state index contributed by atoms with van der Waals surface area (Å²) in [4.78, 5) is 20.0.